The quantitative estimate of drug-likeness (QED) is 0.827. The normalized spacial score (nSPS) is 15.8. The number of aromatic nitrogens is 2. The highest BCUT2D eigenvalue weighted by molar-refractivity contribution is 5.85. The van der Waals surface area contributed by atoms with Gasteiger partial charge in [0.2, 0.25) is 0 Å². The van der Waals surface area contributed by atoms with Crippen molar-refractivity contribution >= 4 is 12.4 Å². The molecule has 1 aliphatic heterocycles. The van der Waals surface area contributed by atoms with Crippen LogP contribution < -0.4 is 15.4 Å². The first-order valence-corrected chi connectivity index (χ1v) is 6.74. The Labute approximate surface area is 121 Å². The van der Waals surface area contributed by atoms with Gasteiger partial charge in [0.1, 0.15) is 0 Å². The average molecular weight is 287 g/mol. The SMILES string of the molecule is CCOc1nccc(CNCC2CCNCC2)n1.Cl. The summed E-state index contributed by atoms with van der Waals surface area (Å²) in [5.41, 5.74) is 0.988. The lowest BCUT2D eigenvalue weighted by Gasteiger charge is -2.22. The molecule has 0 aliphatic carbocycles. The Morgan fingerprint density at radius 2 is 2.21 bits per heavy atom. The molecule has 0 aromatic carbocycles. The van der Waals surface area contributed by atoms with Gasteiger partial charge in [-0.1, -0.05) is 0 Å². The van der Waals surface area contributed by atoms with E-state index in [0.717, 1.165) is 37.8 Å². The van der Waals surface area contributed by atoms with Gasteiger partial charge >= 0.3 is 6.01 Å². The second-order valence-corrected chi connectivity index (χ2v) is 4.59. The molecule has 0 amide bonds. The third kappa shape index (κ3) is 5.72. The highest BCUT2D eigenvalue weighted by atomic mass is 35.5. The molecule has 0 radical (unpaired) electrons. The predicted octanol–water partition coefficient (Wildman–Crippen LogP) is 1.39. The molecule has 2 heterocycles. The predicted molar refractivity (Wildman–Crippen MR) is 77.7 cm³/mol. The lowest BCUT2D eigenvalue weighted by Crippen LogP contribution is -2.33. The number of nitrogens with one attached hydrogen (secondary N) is 2. The van der Waals surface area contributed by atoms with E-state index in [1.165, 1.54) is 12.8 Å². The minimum Gasteiger partial charge on any atom is -0.464 e. The fraction of sp³-hybridized carbons (Fsp3) is 0.692. The minimum absolute atomic E-state index is 0. The Morgan fingerprint density at radius 3 is 2.95 bits per heavy atom. The van der Waals surface area contributed by atoms with E-state index in [0.29, 0.717) is 12.6 Å². The molecule has 0 unspecified atom stereocenters. The Morgan fingerprint density at radius 1 is 1.42 bits per heavy atom. The molecule has 2 N–H and O–H groups in total. The van der Waals surface area contributed by atoms with Gasteiger partial charge in [-0.3, -0.25) is 0 Å². The van der Waals surface area contributed by atoms with Crippen molar-refractivity contribution in [2.45, 2.75) is 26.3 Å². The zero-order valence-corrected chi connectivity index (χ0v) is 12.2. The van der Waals surface area contributed by atoms with Crippen LogP contribution in [0, 0.1) is 5.92 Å². The molecule has 1 saturated heterocycles. The van der Waals surface area contributed by atoms with Gasteiger partial charge < -0.3 is 15.4 Å². The first-order valence-electron chi connectivity index (χ1n) is 6.74. The molecule has 1 aliphatic rings. The van der Waals surface area contributed by atoms with Gasteiger partial charge in [-0.05, 0) is 51.4 Å². The highest BCUT2D eigenvalue weighted by Gasteiger charge is 2.12. The zero-order chi connectivity index (χ0) is 12.6. The Kier molecular flexibility index (Phi) is 7.70. The van der Waals surface area contributed by atoms with E-state index < -0.39 is 0 Å². The van der Waals surface area contributed by atoms with Crippen molar-refractivity contribution in [2.75, 3.05) is 26.2 Å². The third-order valence-electron chi connectivity index (χ3n) is 3.16. The largest absolute Gasteiger partial charge is 0.464 e. The lowest BCUT2D eigenvalue weighted by atomic mass is 9.98. The molecule has 0 bridgehead atoms. The Hall–Kier alpha value is -0.910. The number of piperidine rings is 1. The number of halogens is 1. The molecule has 1 fully saturated rings. The summed E-state index contributed by atoms with van der Waals surface area (Å²) in [4.78, 5) is 8.39. The van der Waals surface area contributed by atoms with Crippen LogP contribution in [0.15, 0.2) is 12.3 Å². The Balaban J connectivity index is 0.00000180. The van der Waals surface area contributed by atoms with E-state index in [-0.39, 0.29) is 12.4 Å². The van der Waals surface area contributed by atoms with E-state index in [1.54, 1.807) is 6.20 Å². The van der Waals surface area contributed by atoms with Crippen LogP contribution in [0.2, 0.25) is 0 Å². The molecule has 0 spiro atoms. The molecule has 0 atom stereocenters. The number of hydrogen-bond donors (Lipinski definition) is 2. The van der Waals surface area contributed by atoms with Crippen molar-refractivity contribution in [3.05, 3.63) is 18.0 Å². The van der Waals surface area contributed by atoms with Gasteiger partial charge in [0, 0.05) is 12.7 Å². The molecule has 2 rings (SSSR count). The van der Waals surface area contributed by atoms with Crippen molar-refractivity contribution in [2.24, 2.45) is 5.92 Å². The minimum atomic E-state index is 0. The summed E-state index contributed by atoms with van der Waals surface area (Å²) in [6, 6.07) is 2.40. The van der Waals surface area contributed by atoms with Crippen LogP contribution in [0.3, 0.4) is 0 Å². The van der Waals surface area contributed by atoms with E-state index in [4.69, 9.17) is 4.74 Å². The third-order valence-corrected chi connectivity index (χ3v) is 3.16. The van der Waals surface area contributed by atoms with Crippen LogP contribution in [0.25, 0.3) is 0 Å². The molecule has 5 nitrogen and oxygen atoms in total. The van der Waals surface area contributed by atoms with E-state index in [2.05, 4.69) is 20.6 Å². The smallest absolute Gasteiger partial charge is 0.316 e. The molecule has 108 valence electrons. The maximum absolute atomic E-state index is 5.28. The molecule has 19 heavy (non-hydrogen) atoms. The van der Waals surface area contributed by atoms with Crippen molar-refractivity contribution in [3.8, 4) is 6.01 Å². The van der Waals surface area contributed by atoms with Gasteiger partial charge in [0.05, 0.1) is 12.3 Å². The number of nitrogens with zero attached hydrogens (tertiary/aromatic N) is 2. The van der Waals surface area contributed by atoms with Gasteiger partial charge in [-0.25, -0.2) is 4.98 Å². The second-order valence-electron chi connectivity index (χ2n) is 4.59. The van der Waals surface area contributed by atoms with E-state index in [1.807, 2.05) is 13.0 Å². The molecule has 0 saturated carbocycles. The van der Waals surface area contributed by atoms with Gasteiger partial charge in [0.25, 0.3) is 0 Å². The van der Waals surface area contributed by atoms with Gasteiger partial charge in [0.15, 0.2) is 0 Å². The number of hydrogen-bond acceptors (Lipinski definition) is 5. The lowest BCUT2D eigenvalue weighted by molar-refractivity contribution is 0.310. The highest BCUT2D eigenvalue weighted by Crippen LogP contribution is 2.10. The summed E-state index contributed by atoms with van der Waals surface area (Å²) in [7, 11) is 0. The topological polar surface area (TPSA) is 59.1 Å². The first kappa shape index (κ1) is 16.1. The molecule has 1 aromatic rings. The Bertz CT molecular complexity index is 358. The first-order chi connectivity index (χ1) is 8.88. The summed E-state index contributed by atoms with van der Waals surface area (Å²) in [5.74, 6) is 0.791. The number of rotatable bonds is 6. The summed E-state index contributed by atoms with van der Waals surface area (Å²) in [6.07, 6.45) is 4.28. The summed E-state index contributed by atoms with van der Waals surface area (Å²) < 4.78 is 5.28. The van der Waals surface area contributed by atoms with Crippen LogP contribution in [-0.2, 0) is 6.54 Å². The van der Waals surface area contributed by atoms with Gasteiger partial charge in [-0.2, -0.15) is 4.98 Å². The second kappa shape index (κ2) is 9.07. The summed E-state index contributed by atoms with van der Waals surface area (Å²) in [5, 5.41) is 6.85. The fourth-order valence-corrected chi connectivity index (χ4v) is 2.16. The number of ether oxygens (including phenoxy) is 1. The zero-order valence-electron chi connectivity index (χ0n) is 11.4. The fourth-order valence-electron chi connectivity index (χ4n) is 2.16. The monoisotopic (exact) mass is 286 g/mol. The molecular weight excluding hydrogens is 264 g/mol. The van der Waals surface area contributed by atoms with E-state index >= 15 is 0 Å². The standard InChI is InChI=1S/C13H22N4O.ClH/c1-2-18-13-16-8-5-12(17-13)10-15-9-11-3-6-14-7-4-11;/h5,8,11,14-15H,2-4,6-7,9-10H2,1H3;1H. The van der Waals surface area contributed by atoms with Crippen LogP contribution >= 0.6 is 12.4 Å². The summed E-state index contributed by atoms with van der Waals surface area (Å²) in [6.45, 7) is 6.68. The van der Waals surface area contributed by atoms with Crippen LogP contribution in [0.5, 0.6) is 6.01 Å². The van der Waals surface area contributed by atoms with Crippen LogP contribution in [-0.4, -0.2) is 36.2 Å². The average Bonchev–Trinajstić information content (AvgIpc) is 2.41. The van der Waals surface area contributed by atoms with Crippen LogP contribution in [0.4, 0.5) is 0 Å². The van der Waals surface area contributed by atoms with E-state index in [9.17, 15) is 0 Å². The molecular formula is C13H23ClN4O. The van der Waals surface area contributed by atoms with Crippen LogP contribution in [0.1, 0.15) is 25.5 Å². The van der Waals surface area contributed by atoms with Crippen molar-refractivity contribution in [3.63, 3.8) is 0 Å². The molecule has 1 aromatic heterocycles. The van der Waals surface area contributed by atoms with Gasteiger partial charge in [-0.15, -0.1) is 12.4 Å². The summed E-state index contributed by atoms with van der Waals surface area (Å²) >= 11 is 0. The van der Waals surface area contributed by atoms with Crippen molar-refractivity contribution < 1.29 is 4.74 Å². The molecule has 6 heteroatoms. The van der Waals surface area contributed by atoms with Crippen molar-refractivity contribution in [1.82, 2.24) is 20.6 Å². The van der Waals surface area contributed by atoms with Crippen molar-refractivity contribution in [1.29, 1.82) is 0 Å². The maximum Gasteiger partial charge on any atom is 0.316 e. The maximum atomic E-state index is 5.28.